The molecule has 156 valence electrons. The van der Waals surface area contributed by atoms with Crippen LogP contribution in [0, 0.1) is 0 Å². The van der Waals surface area contributed by atoms with Gasteiger partial charge in [-0.15, -0.1) is 10.2 Å². The average Bonchev–Trinajstić information content (AvgIpc) is 3.34. The molecule has 5 heterocycles. The summed E-state index contributed by atoms with van der Waals surface area (Å²) in [5.74, 6) is 0.909. The van der Waals surface area contributed by atoms with E-state index >= 15 is 0 Å². The van der Waals surface area contributed by atoms with E-state index in [9.17, 15) is 4.79 Å². The first-order valence-electron chi connectivity index (χ1n) is 10.1. The number of carbonyl (C=O) groups excluding carboxylic acids is 1. The molecule has 0 spiro atoms. The number of pyridine rings is 3. The van der Waals surface area contributed by atoms with Crippen molar-refractivity contribution in [2.45, 2.75) is 6.42 Å². The Morgan fingerprint density at radius 3 is 2.68 bits per heavy atom. The van der Waals surface area contributed by atoms with Crippen LogP contribution in [0.25, 0.3) is 21.6 Å². The summed E-state index contributed by atoms with van der Waals surface area (Å²) < 4.78 is 0. The Balaban J connectivity index is 1.31. The molecule has 1 aliphatic heterocycles. The van der Waals surface area contributed by atoms with Gasteiger partial charge in [-0.25, -0.2) is 9.97 Å². The molecule has 9 heteroatoms. The van der Waals surface area contributed by atoms with Gasteiger partial charge in [-0.1, -0.05) is 11.3 Å². The summed E-state index contributed by atoms with van der Waals surface area (Å²) in [6.45, 7) is 3.93. The normalized spacial score (nSPS) is 14.8. The van der Waals surface area contributed by atoms with Crippen LogP contribution in [0.5, 0.6) is 0 Å². The molecule has 0 radical (unpaired) electrons. The van der Waals surface area contributed by atoms with Crippen LogP contribution in [0.4, 0.5) is 5.82 Å². The third-order valence-corrected chi connectivity index (χ3v) is 6.16. The Kier molecular flexibility index (Phi) is 5.35. The molecule has 0 atom stereocenters. The van der Waals surface area contributed by atoms with E-state index in [4.69, 9.17) is 0 Å². The van der Waals surface area contributed by atoms with Crippen molar-refractivity contribution >= 4 is 33.8 Å². The zero-order chi connectivity index (χ0) is 21.2. The molecule has 31 heavy (non-hydrogen) atoms. The number of ketones is 1. The van der Waals surface area contributed by atoms with Crippen molar-refractivity contribution in [2.24, 2.45) is 0 Å². The molecule has 8 nitrogen and oxygen atoms in total. The molecule has 0 N–H and O–H groups in total. The number of nitrogens with zero attached hydrogens (tertiary/aromatic N) is 7. The summed E-state index contributed by atoms with van der Waals surface area (Å²) in [4.78, 5) is 31.0. The van der Waals surface area contributed by atoms with Gasteiger partial charge in [0.15, 0.2) is 10.8 Å². The van der Waals surface area contributed by atoms with Crippen LogP contribution < -0.4 is 4.90 Å². The maximum absolute atomic E-state index is 12.8. The smallest absolute Gasteiger partial charge is 0.170 e. The van der Waals surface area contributed by atoms with E-state index in [1.807, 2.05) is 30.3 Å². The first kappa shape index (κ1) is 19.7. The Bertz CT molecular complexity index is 1200. The van der Waals surface area contributed by atoms with Crippen molar-refractivity contribution < 1.29 is 4.79 Å². The molecule has 0 aliphatic carbocycles. The number of rotatable bonds is 5. The molecule has 1 aliphatic rings. The summed E-state index contributed by atoms with van der Waals surface area (Å²) in [5.41, 5.74) is 4.51. The molecule has 1 fully saturated rings. The van der Waals surface area contributed by atoms with Crippen molar-refractivity contribution in [1.82, 2.24) is 30.0 Å². The molecule has 0 saturated carbocycles. The minimum atomic E-state index is -0.00967. The van der Waals surface area contributed by atoms with Gasteiger partial charge in [0, 0.05) is 49.5 Å². The number of carbonyl (C=O) groups is 1. The number of fused-ring (bicyclic) bond motifs is 1. The van der Waals surface area contributed by atoms with Crippen LogP contribution in [0.2, 0.25) is 0 Å². The predicted octanol–water partition coefficient (Wildman–Crippen LogP) is 2.72. The molecule has 0 bridgehead atoms. The fourth-order valence-electron chi connectivity index (χ4n) is 3.60. The first-order valence-corrected chi connectivity index (χ1v) is 11.0. The highest BCUT2D eigenvalue weighted by Gasteiger charge is 2.16. The monoisotopic (exact) mass is 431 g/mol. The van der Waals surface area contributed by atoms with Crippen LogP contribution in [-0.2, 0) is 6.42 Å². The summed E-state index contributed by atoms with van der Waals surface area (Å²) in [6.07, 6.45) is 3.63. The van der Waals surface area contributed by atoms with E-state index in [1.54, 1.807) is 17.9 Å². The van der Waals surface area contributed by atoms with Crippen molar-refractivity contribution in [2.75, 3.05) is 38.1 Å². The fourth-order valence-corrected chi connectivity index (χ4v) is 4.12. The number of hydrogen-bond donors (Lipinski definition) is 0. The molecular formula is C22H21N7OS. The number of hydrogen-bond acceptors (Lipinski definition) is 9. The van der Waals surface area contributed by atoms with Crippen LogP contribution in [-0.4, -0.2) is 69.1 Å². The van der Waals surface area contributed by atoms with Crippen LogP contribution in [0.1, 0.15) is 16.1 Å². The second-order valence-electron chi connectivity index (χ2n) is 7.60. The Morgan fingerprint density at radius 2 is 1.94 bits per heavy atom. The molecular weight excluding hydrogens is 410 g/mol. The molecule has 0 unspecified atom stereocenters. The Labute approximate surface area is 183 Å². The van der Waals surface area contributed by atoms with Gasteiger partial charge in [0.25, 0.3) is 0 Å². The van der Waals surface area contributed by atoms with Gasteiger partial charge in [-0.2, -0.15) is 0 Å². The maximum atomic E-state index is 12.8. The average molecular weight is 432 g/mol. The number of aromatic nitrogens is 5. The SMILES string of the molecule is CN1CCN(c2ccc(C(=O)Cc3cc4nc(-c5nncs5)ccc4cn3)cn2)CC1. The lowest BCUT2D eigenvalue weighted by Gasteiger charge is -2.33. The van der Waals surface area contributed by atoms with Gasteiger partial charge in [-0.05, 0) is 37.4 Å². The Morgan fingerprint density at radius 1 is 1.06 bits per heavy atom. The van der Waals surface area contributed by atoms with Gasteiger partial charge in [0.1, 0.15) is 17.0 Å². The molecule has 4 aromatic rings. The van der Waals surface area contributed by atoms with Gasteiger partial charge in [-0.3, -0.25) is 9.78 Å². The summed E-state index contributed by atoms with van der Waals surface area (Å²) in [5, 5.41) is 9.63. The quantitative estimate of drug-likeness (QED) is 0.446. The maximum Gasteiger partial charge on any atom is 0.170 e. The second-order valence-corrected chi connectivity index (χ2v) is 8.44. The van der Waals surface area contributed by atoms with E-state index < -0.39 is 0 Å². The Hall–Kier alpha value is -3.30. The number of anilines is 1. The lowest BCUT2D eigenvalue weighted by Crippen LogP contribution is -2.44. The molecule has 0 amide bonds. The molecule has 4 aromatic heterocycles. The largest absolute Gasteiger partial charge is 0.354 e. The van der Waals surface area contributed by atoms with Gasteiger partial charge < -0.3 is 9.80 Å². The van der Waals surface area contributed by atoms with E-state index in [0.29, 0.717) is 11.3 Å². The topological polar surface area (TPSA) is 88.0 Å². The second kappa shape index (κ2) is 8.44. The molecule has 5 rings (SSSR count). The van der Waals surface area contributed by atoms with Gasteiger partial charge >= 0.3 is 0 Å². The van der Waals surface area contributed by atoms with Crippen molar-refractivity contribution in [3.63, 3.8) is 0 Å². The first-order chi connectivity index (χ1) is 15.2. The van der Waals surface area contributed by atoms with Crippen LogP contribution in [0.15, 0.2) is 48.2 Å². The standard InChI is InChI=1S/C22H21N7OS/c1-28-6-8-29(9-7-28)21-5-3-16(13-24-21)20(30)11-17-10-19-15(12-23-17)2-4-18(26-19)22-27-25-14-31-22/h2-5,10,12-14H,6-9,11H2,1H3. The lowest BCUT2D eigenvalue weighted by atomic mass is 10.1. The predicted molar refractivity (Wildman–Crippen MR) is 120 cm³/mol. The van der Waals surface area contributed by atoms with Crippen molar-refractivity contribution in [3.8, 4) is 10.7 Å². The third kappa shape index (κ3) is 4.28. The number of likely N-dealkylation sites (N-methyl/N-ethyl adjacent to an activating group) is 1. The minimum Gasteiger partial charge on any atom is -0.354 e. The van der Waals surface area contributed by atoms with Crippen LogP contribution >= 0.6 is 11.3 Å². The van der Waals surface area contributed by atoms with Gasteiger partial charge in [0.05, 0.1) is 17.6 Å². The van der Waals surface area contributed by atoms with E-state index in [2.05, 4.69) is 42.0 Å². The van der Waals surface area contributed by atoms with Crippen LogP contribution in [0.3, 0.4) is 0 Å². The lowest BCUT2D eigenvalue weighted by molar-refractivity contribution is 0.0991. The van der Waals surface area contributed by atoms with E-state index in [-0.39, 0.29) is 12.2 Å². The van der Waals surface area contributed by atoms with E-state index in [0.717, 1.165) is 53.6 Å². The highest BCUT2D eigenvalue weighted by atomic mass is 32.1. The molecule has 0 aromatic carbocycles. The van der Waals surface area contributed by atoms with Crippen molar-refractivity contribution in [3.05, 3.63) is 59.5 Å². The summed E-state index contributed by atoms with van der Waals surface area (Å²) >= 11 is 1.44. The third-order valence-electron chi connectivity index (χ3n) is 5.45. The van der Waals surface area contributed by atoms with E-state index in [1.165, 1.54) is 11.3 Å². The van der Waals surface area contributed by atoms with Gasteiger partial charge in [0.2, 0.25) is 0 Å². The zero-order valence-corrected chi connectivity index (χ0v) is 17.9. The number of piperazine rings is 1. The minimum absolute atomic E-state index is 0.00967. The highest BCUT2D eigenvalue weighted by molar-refractivity contribution is 7.12. The zero-order valence-electron chi connectivity index (χ0n) is 17.1. The highest BCUT2D eigenvalue weighted by Crippen LogP contribution is 2.22. The summed E-state index contributed by atoms with van der Waals surface area (Å²) in [7, 11) is 2.12. The van der Waals surface area contributed by atoms with Crippen molar-refractivity contribution in [1.29, 1.82) is 0 Å². The summed E-state index contributed by atoms with van der Waals surface area (Å²) in [6, 6.07) is 9.52. The number of Topliss-reactive ketones (excluding diaryl/α,β-unsaturated/α-hetero) is 1. The molecule has 1 saturated heterocycles. The fraction of sp³-hybridized carbons (Fsp3) is 0.273.